The van der Waals surface area contributed by atoms with E-state index in [0.29, 0.717) is 55.8 Å². The number of nitrogens with one attached hydrogen (secondary N) is 1. The van der Waals surface area contributed by atoms with Gasteiger partial charge in [0.15, 0.2) is 10.7 Å². The molecule has 6 rings (SSSR count). The smallest absolute Gasteiger partial charge is 0.322 e. The van der Waals surface area contributed by atoms with Gasteiger partial charge in [0.25, 0.3) is 11.5 Å². The summed E-state index contributed by atoms with van der Waals surface area (Å²) in [5.41, 5.74) is 2.19. The van der Waals surface area contributed by atoms with Crippen LogP contribution in [0.2, 0.25) is 5.02 Å². The summed E-state index contributed by atoms with van der Waals surface area (Å²) in [5.74, 6) is 0.0934. The molecular weight excluding hydrogens is 514 g/mol. The summed E-state index contributed by atoms with van der Waals surface area (Å²) in [6, 6.07) is 12.7. The summed E-state index contributed by atoms with van der Waals surface area (Å²) in [6.07, 6.45) is 0.959. The van der Waals surface area contributed by atoms with Crippen LogP contribution in [0.5, 0.6) is 0 Å². The van der Waals surface area contributed by atoms with Crippen LogP contribution in [-0.4, -0.2) is 75.2 Å². The van der Waals surface area contributed by atoms with Crippen molar-refractivity contribution in [3.05, 3.63) is 69.2 Å². The maximum Gasteiger partial charge on any atom is 0.322 e. The van der Waals surface area contributed by atoms with Gasteiger partial charge in [-0.3, -0.25) is 14.9 Å². The number of amides is 3. The molecule has 1 aromatic carbocycles. The van der Waals surface area contributed by atoms with E-state index in [4.69, 9.17) is 11.6 Å². The molecule has 0 spiro atoms. The van der Waals surface area contributed by atoms with Crippen molar-refractivity contribution < 1.29 is 9.59 Å². The molecule has 37 heavy (non-hydrogen) atoms. The predicted octanol–water partition coefficient (Wildman–Crippen LogP) is 2.97. The third-order valence-electron chi connectivity index (χ3n) is 7.42. The summed E-state index contributed by atoms with van der Waals surface area (Å²) in [6.45, 7) is 4.10. The van der Waals surface area contributed by atoms with Crippen LogP contribution in [0.1, 0.15) is 28.5 Å². The normalized spacial score (nSPS) is 20.9. The van der Waals surface area contributed by atoms with Gasteiger partial charge in [-0.15, -0.1) is 5.10 Å². The Morgan fingerprint density at radius 1 is 1.00 bits per heavy atom. The Kier molecular flexibility index (Phi) is 6.33. The number of aromatic nitrogens is 3. The quantitative estimate of drug-likeness (QED) is 0.549. The van der Waals surface area contributed by atoms with Gasteiger partial charge >= 0.3 is 6.03 Å². The van der Waals surface area contributed by atoms with Crippen LogP contribution in [0.25, 0.3) is 0 Å². The highest BCUT2D eigenvalue weighted by Gasteiger charge is 2.37. The first-order chi connectivity index (χ1) is 18.0. The van der Waals surface area contributed by atoms with Gasteiger partial charge in [-0.1, -0.05) is 28.2 Å². The second kappa shape index (κ2) is 9.79. The van der Waals surface area contributed by atoms with Crippen LogP contribution in [0, 0.1) is 5.92 Å². The van der Waals surface area contributed by atoms with Gasteiger partial charge in [-0.2, -0.15) is 0 Å². The van der Waals surface area contributed by atoms with Gasteiger partial charge in [0.2, 0.25) is 0 Å². The number of fused-ring (bicyclic) bond motifs is 4. The van der Waals surface area contributed by atoms with E-state index in [0.717, 1.165) is 29.3 Å². The number of piperazine rings is 1. The molecule has 5 heterocycles. The first-order valence-electron chi connectivity index (χ1n) is 12.3. The van der Waals surface area contributed by atoms with Gasteiger partial charge in [0, 0.05) is 85.7 Å². The summed E-state index contributed by atoms with van der Waals surface area (Å²) in [7, 11) is 0. The second-order valence-electron chi connectivity index (χ2n) is 9.74. The van der Waals surface area contributed by atoms with Crippen molar-refractivity contribution in [2.45, 2.75) is 18.9 Å². The van der Waals surface area contributed by atoms with Crippen LogP contribution in [0.15, 0.2) is 47.3 Å². The molecule has 192 valence electrons. The van der Waals surface area contributed by atoms with E-state index in [1.807, 2.05) is 34.9 Å². The summed E-state index contributed by atoms with van der Waals surface area (Å²) >= 11 is 7.13. The number of pyridine rings is 1. The largest absolute Gasteiger partial charge is 0.368 e. The number of urea groups is 1. The first-order valence-corrected chi connectivity index (χ1v) is 13.5. The van der Waals surface area contributed by atoms with Crippen molar-refractivity contribution in [2.24, 2.45) is 5.92 Å². The number of halogens is 1. The number of hydrogen-bond donors (Lipinski definition) is 1. The molecular formula is C25H26ClN7O3S. The number of anilines is 2. The zero-order valence-corrected chi connectivity index (χ0v) is 21.6. The molecule has 2 atom stereocenters. The minimum Gasteiger partial charge on any atom is -0.368 e. The fourth-order valence-corrected chi connectivity index (χ4v) is 6.38. The number of rotatable bonds is 3. The molecule has 0 unspecified atom stereocenters. The van der Waals surface area contributed by atoms with Crippen molar-refractivity contribution in [2.75, 3.05) is 49.5 Å². The Hall–Kier alpha value is -3.44. The SMILES string of the molecule is O=C(Nc1snnc1C(=O)N1CCN(c2cccc(Cl)c2)CC1)N1C[C@@H]2C[C@@H](C1)c1cccc(=O)n1C2. The van der Waals surface area contributed by atoms with Gasteiger partial charge in [0.1, 0.15) is 0 Å². The van der Waals surface area contributed by atoms with Crippen LogP contribution in [-0.2, 0) is 6.54 Å². The van der Waals surface area contributed by atoms with Gasteiger partial charge in [0.05, 0.1) is 0 Å². The highest BCUT2D eigenvalue weighted by molar-refractivity contribution is 7.10. The molecule has 3 aliphatic rings. The fraction of sp³-hybridized carbons (Fsp3) is 0.400. The van der Waals surface area contributed by atoms with Crippen molar-refractivity contribution in [3.63, 3.8) is 0 Å². The second-order valence-corrected chi connectivity index (χ2v) is 10.9. The number of carbonyl (C=O) groups is 2. The molecule has 12 heteroatoms. The third kappa shape index (κ3) is 4.69. The number of carbonyl (C=O) groups excluding carboxylic acids is 2. The van der Waals surface area contributed by atoms with E-state index in [1.165, 1.54) is 0 Å². The molecule has 0 radical (unpaired) electrons. The molecule has 1 N–H and O–H groups in total. The Bertz CT molecular complexity index is 1400. The fourth-order valence-electron chi connectivity index (χ4n) is 5.64. The highest BCUT2D eigenvalue weighted by Crippen LogP contribution is 2.35. The summed E-state index contributed by atoms with van der Waals surface area (Å²) in [5, 5.41) is 7.98. The lowest BCUT2D eigenvalue weighted by molar-refractivity contribution is 0.0742. The molecule has 3 amide bonds. The predicted molar refractivity (Wildman–Crippen MR) is 142 cm³/mol. The maximum absolute atomic E-state index is 13.3. The van der Waals surface area contributed by atoms with E-state index >= 15 is 0 Å². The van der Waals surface area contributed by atoms with Crippen molar-refractivity contribution >= 4 is 45.8 Å². The summed E-state index contributed by atoms with van der Waals surface area (Å²) in [4.78, 5) is 44.4. The number of hydrogen-bond acceptors (Lipinski definition) is 7. The molecule has 0 saturated carbocycles. The molecule has 0 aliphatic carbocycles. The third-order valence-corrected chi connectivity index (χ3v) is 8.29. The minimum atomic E-state index is -0.271. The standard InChI is InChI=1S/C25H26ClN7O3S/c26-18-3-1-4-19(12-18)30-7-9-31(10-8-30)24(35)22-23(37-29-28-22)27-25(36)32-13-16-11-17(15-32)20-5-2-6-21(34)33(20)14-16/h1-6,12,16-17H,7-11,13-15H2,(H,27,36)/t16-,17-/m0/s1. The average molecular weight is 540 g/mol. The van der Waals surface area contributed by atoms with Crippen molar-refractivity contribution in [3.8, 4) is 0 Å². The highest BCUT2D eigenvalue weighted by atomic mass is 35.5. The van der Waals surface area contributed by atoms with Crippen LogP contribution >= 0.6 is 23.1 Å². The van der Waals surface area contributed by atoms with E-state index in [1.54, 1.807) is 21.9 Å². The molecule has 3 aromatic rings. The lowest BCUT2D eigenvalue weighted by Gasteiger charge is -2.42. The molecule has 2 bridgehead atoms. The Morgan fingerprint density at radius 2 is 1.81 bits per heavy atom. The van der Waals surface area contributed by atoms with Gasteiger partial charge in [-0.05, 0) is 36.6 Å². The zero-order valence-electron chi connectivity index (χ0n) is 20.0. The molecule has 3 aliphatic heterocycles. The number of piperidine rings is 1. The average Bonchev–Trinajstić information content (AvgIpc) is 3.37. The van der Waals surface area contributed by atoms with Crippen LogP contribution in [0.3, 0.4) is 0 Å². The molecule has 2 aromatic heterocycles. The Balaban J connectivity index is 1.10. The molecule has 2 fully saturated rings. The maximum atomic E-state index is 13.3. The topological polar surface area (TPSA) is 104 Å². The van der Waals surface area contributed by atoms with E-state index in [9.17, 15) is 14.4 Å². The first kappa shape index (κ1) is 23.9. The Labute approximate surface area is 222 Å². The van der Waals surface area contributed by atoms with Gasteiger partial charge in [-0.25, -0.2) is 4.79 Å². The zero-order chi connectivity index (χ0) is 25.5. The number of likely N-dealkylation sites (tertiary alicyclic amines) is 1. The number of nitrogens with zero attached hydrogens (tertiary/aromatic N) is 6. The van der Waals surface area contributed by atoms with Crippen molar-refractivity contribution in [1.82, 2.24) is 24.0 Å². The van der Waals surface area contributed by atoms with Crippen molar-refractivity contribution in [1.29, 1.82) is 0 Å². The summed E-state index contributed by atoms with van der Waals surface area (Å²) < 4.78 is 5.79. The molecule has 10 nitrogen and oxygen atoms in total. The van der Waals surface area contributed by atoms with E-state index < -0.39 is 0 Å². The number of benzene rings is 1. The Morgan fingerprint density at radius 3 is 2.62 bits per heavy atom. The monoisotopic (exact) mass is 539 g/mol. The van der Waals surface area contributed by atoms with Gasteiger partial charge < -0.3 is 19.3 Å². The minimum absolute atomic E-state index is 0.0115. The lowest BCUT2D eigenvalue weighted by Crippen LogP contribution is -2.50. The lowest BCUT2D eigenvalue weighted by atomic mass is 9.83. The van der Waals surface area contributed by atoms with E-state index in [2.05, 4.69) is 19.8 Å². The molecule has 2 saturated heterocycles. The van der Waals surface area contributed by atoms with Crippen LogP contribution in [0.4, 0.5) is 15.5 Å². The van der Waals surface area contributed by atoms with E-state index in [-0.39, 0.29) is 35.0 Å². The van der Waals surface area contributed by atoms with Crippen LogP contribution < -0.4 is 15.8 Å².